The van der Waals surface area contributed by atoms with Crippen molar-refractivity contribution in [3.63, 3.8) is 0 Å². The average molecular weight is 445 g/mol. The summed E-state index contributed by atoms with van der Waals surface area (Å²) in [6, 6.07) is 4.04. The first-order valence-electron chi connectivity index (χ1n) is 8.28. The van der Waals surface area contributed by atoms with E-state index >= 15 is 0 Å². The fourth-order valence-corrected chi connectivity index (χ4v) is 2.91. The molecule has 0 aliphatic carbocycles. The number of rotatable bonds is 5. The van der Waals surface area contributed by atoms with Crippen molar-refractivity contribution in [1.82, 2.24) is 20.5 Å². The molecule has 1 aliphatic rings. The van der Waals surface area contributed by atoms with Gasteiger partial charge in [-0.15, -0.1) is 24.0 Å². The molecule has 0 radical (unpaired) electrons. The van der Waals surface area contributed by atoms with Crippen molar-refractivity contribution >= 4 is 35.8 Å². The van der Waals surface area contributed by atoms with Gasteiger partial charge >= 0.3 is 0 Å². The fraction of sp³-hybridized carbons (Fsp3) is 0.588. The quantitative estimate of drug-likeness (QED) is 0.411. The minimum Gasteiger partial charge on any atom is -0.359 e. The summed E-state index contributed by atoms with van der Waals surface area (Å²) in [6.07, 6.45) is 7.33. The van der Waals surface area contributed by atoms with E-state index in [9.17, 15) is 4.79 Å². The Balaban J connectivity index is 0.00000288. The molecule has 1 amide bonds. The molecule has 0 atom stereocenters. The van der Waals surface area contributed by atoms with Crippen LogP contribution in [-0.2, 0) is 11.2 Å². The standard InChI is InChI=1S/C17H27N5O.HI/c1-18-16(23)12-14-6-10-22(11-7-14)17(19-2)21-9-5-15-4-3-8-20-13-15;/h3-4,8,13-14H,5-7,9-12H2,1-2H3,(H,18,23)(H,19,21);1H. The minimum absolute atomic E-state index is 0. The Kier molecular flexibility index (Phi) is 9.66. The molecule has 2 rings (SSSR count). The predicted octanol–water partition coefficient (Wildman–Crippen LogP) is 1.67. The van der Waals surface area contributed by atoms with Crippen LogP contribution in [0.15, 0.2) is 29.5 Å². The van der Waals surface area contributed by atoms with Gasteiger partial charge in [-0.05, 0) is 36.8 Å². The summed E-state index contributed by atoms with van der Waals surface area (Å²) in [7, 11) is 3.52. The number of guanidine groups is 1. The summed E-state index contributed by atoms with van der Waals surface area (Å²) in [5.41, 5.74) is 1.22. The fourth-order valence-electron chi connectivity index (χ4n) is 2.91. The first kappa shape index (κ1) is 20.7. The van der Waals surface area contributed by atoms with Gasteiger partial charge in [-0.3, -0.25) is 14.8 Å². The number of carbonyl (C=O) groups is 1. The smallest absolute Gasteiger partial charge is 0.220 e. The van der Waals surface area contributed by atoms with Gasteiger partial charge in [0.2, 0.25) is 5.91 Å². The summed E-state index contributed by atoms with van der Waals surface area (Å²) in [6.45, 7) is 2.75. The normalized spacial score (nSPS) is 15.6. The Morgan fingerprint density at radius 1 is 1.42 bits per heavy atom. The second kappa shape index (κ2) is 11.2. The van der Waals surface area contributed by atoms with E-state index in [1.54, 1.807) is 13.2 Å². The van der Waals surface area contributed by atoms with Crippen molar-refractivity contribution in [2.24, 2.45) is 10.9 Å². The monoisotopic (exact) mass is 445 g/mol. The van der Waals surface area contributed by atoms with Crippen molar-refractivity contribution in [3.8, 4) is 0 Å². The second-order valence-corrected chi connectivity index (χ2v) is 5.89. The second-order valence-electron chi connectivity index (χ2n) is 5.89. The zero-order chi connectivity index (χ0) is 16.5. The summed E-state index contributed by atoms with van der Waals surface area (Å²) >= 11 is 0. The highest BCUT2D eigenvalue weighted by atomic mass is 127. The number of amides is 1. The van der Waals surface area contributed by atoms with Gasteiger partial charge in [-0.2, -0.15) is 0 Å². The van der Waals surface area contributed by atoms with Crippen LogP contribution >= 0.6 is 24.0 Å². The molecule has 1 aromatic rings. The van der Waals surface area contributed by atoms with Crippen LogP contribution in [0.4, 0.5) is 0 Å². The molecule has 1 fully saturated rings. The first-order valence-corrected chi connectivity index (χ1v) is 8.28. The molecule has 2 N–H and O–H groups in total. The van der Waals surface area contributed by atoms with E-state index in [0.717, 1.165) is 44.9 Å². The number of piperidine rings is 1. The summed E-state index contributed by atoms with van der Waals surface area (Å²) < 4.78 is 0. The number of carbonyl (C=O) groups excluding carboxylic acids is 1. The summed E-state index contributed by atoms with van der Waals surface area (Å²) in [4.78, 5) is 22.3. The lowest BCUT2D eigenvalue weighted by molar-refractivity contribution is -0.121. The lowest BCUT2D eigenvalue weighted by atomic mass is 9.93. The average Bonchev–Trinajstić information content (AvgIpc) is 2.60. The molecule has 7 heteroatoms. The van der Waals surface area contributed by atoms with Crippen LogP contribution in [0.1, 0.15) is 24.8 Å². The van der Waals surface area contributed by atoms with Crippen LogP contribution in [0.5, 0.6) is 0 Å². The van der Waals surface area contributed by atoms with Gasteiger partial charge in [0, 0.05) is 52.5 Å². The lowest BCUT2D eigenvalue weighted by Gasteiger charge is -2.34. The lowest BCUT2D eigenvalue weighted by Crippen LogP contribution is -2.46. The van der Waals surface area contributed by atoms with Crippen LogP contribution in [0.3, 0.4) is 0 Å². The highest BCUT2D eigenvalue weighted by molar-refractivity contribution is 14.0. The molecule has 2 heterocycles. The maximum absolute atomic E-state index is 11.5. The topological polar surface area (TPSA) is 69.6 Å². The molecule has 0 unspecified atom stereocenters. The van der Waals surface area contributed by atoms with Gasteiger partial charge in [0.05, 0.1) is 0 Å². The van der Waals surface area contributed by atoms with Crippen LogP contribution in [0.2, 0.25) is 0 Å². The number of nitrogens with zero attached hydrogens (tertiary/aromatic N) is 3. The number of likely N-dealkylation sites (tertiary alicyclic amines) is 1. The van der Waals surface area contributed by atoms with Crippen molar-refractivity contribution in [2.75, 3.05) is 33.7 Å². The predicted molar refractivity (Wildman–Crippen MR) is 108 cm³/mol. The Morgan fingerprint density at radius 2 is 2.17 bits per heavy atom. The van der Waals surface area contributed by atoms with Crippen molar-refractivity contribution in [3.05, 3.63) is 30.1 Å². The number of hydrogen-bond donors (Lipinski definition) is 2. The zero-order valence-corrected chi connectivity index (χ0v) is 16.8. The molecule has 0 bridgehead atoms. The van der Waals surface area contributed by atoms with E-state index in [-0.39, 0.29) is 29.9 Å². The van der Waals surface area contributed by atoms with Gasteiger partial charge < -0.3 is 15.5 Å². The molecular formula is C17H28IN5O. The molecule has 24 heavy (non-hydrogen) atoms. The first-order chi connectivity index (χ1) is 11.2. The summed E-state index contributed by atoms with van der Waals surface area (Å²) in [5.74, 6) is 1.58. The third kappa shape index (κ3) is 6.62. The molecule has 0 aromatic carbocycles. The Hall–Kier alpha value is -1.38. The molecule has 6 nitrogen and oxygen atoms in total. The summed E-state index contributed by atoms with van der Waals surface area (Å²) in [5, 5.41) is 6.13. The Labute approximate surface area is 161 Å². The minimum atomic E-state index is 0. The Morgan fingerprint density at radius 3 is 2.75 bits per heavy atom. The van der Waals surface area contributed by atoms with Crippen molar-refractivity contribution in [2.45, 2.75) is 25.7 Å². The number of hydrogen-bond acceptors (Lipinski definition) is 3. The van der Waals surface area contributed by atoms with Crippen LogP contribution < -0.4 is 10.6 Å². The highest BCUT2D eigenvalue weighted by Gasteiger charge is 2.22. The molecular weight excluding hydrogens is 417 g/mol. The number of nitrogens with one attached hydrogen (secondary N) is 2. The van der Waals surface area contributed by atoms with Gasteiger partial charge in [0.15, 0.2) is 5.96 Å². The van der Waals surface area contributed by atoms with Gasteiger partial charge in [0.1, 0.15) is 0 Å². The molecule has 134 valence electrons. The number of aromatic nitrogens is 1. The molecule has 0 saturated carbocycles. The van der Waals surface area contributed by atoms with Crippen molar-refractivity contribution in [1.29, 1.82) is 0 Å². The molecule has 1 saturated heterocycles. The SMILES string of the molecule is CN=C(NCCc1cccnc1)N1CCC(CC(=O)NC)CC1.I. The van der Waals surface area contributed by atoms with Crippen molar-refractivity contribution < 1.29 is 4.79 Å². The highest BCUT2D eigenvalue weighted by Crippen LogP contribution is 2.20. The maximum atomic E-state index is 11.5. The third-order valence-corrected chi connectivity index (χ3v) is 4.30. The van der Waals surface area contributed by atoms with Crippen LogP contribution in [0, 0.1) is 5.92 Å². The Bertz CT molecular complexity index is 515. The van der Waals surface area contributed by atoms with Gasteiger partial charge in [0.25, 0.3) is 0 Å². The molecule has 1 aliphatic heterocycles. The van der Waals surface area contributed by atoms with Crippen LogP contribution in [-0.4, -0.2) is 55.5 Å². The van der Waals surface area contributed by atoms with E-state index in [4.69, 9.17) is 0 Å². The van der Waals surface area contributed by atoms with E-state index in [1.807, 2.05) is 19.3 Å². The van der Waals surface area contributed by atoms with Gasteiger partial charge in [-0.25, -0.2) is 0 Å². The molecule has 1 aromatic heterocycles. The van der Waals surface area contributed by atoms with E-state index in [1.165, 1.54) is 5.56 Å². The number of aliphatic imine (C=N–C) groups is 1. The van der Waals surface area contributed by atoms with E-state index in [0.29, 0.717) is 12.3 Å². The molecule has 0 spiro atoms. The van der Waals surface area contributed by atoms with E-state index < -0.39 is 0 Å². The van der Waals surface area contributed by atoms with E-state index in [2.05, 4.69) is 31.6 Å². The maximum Gasteiger partial charge on any atom is 0.220 e. The largest absolute Gasteiger partial charge is 0.359 e. The van der Waals surface area contributed by atoms with Gasteiger partial charge in [-0.1, -0.05) is 6.07 Å². The zero-order valence-electron chi connectivity index (χ0n) is 14.5. The number of pyridine rings is 1. The van der Waals surface area contributed by atoms with Crippen LogP contribution in [0.25, 0.3) is 0 Å². The third-order valence-electron chi connectivity index (χ3n) is 4.30. The number of halogens is 1.